The smallest absolute Gasteiger partial charge is 0.234 e. The fourth-order valence-corrected chi connectivity index (χ4v) is 4.53. The van der Waals surface area contributed by atoms with E-state index in [0.717, 1.165) is 22.3 Å². The van der Waals surface area contributed by atoms with Crippen molar-refractivity contribution in [2.45, 2.75) is 88.5 Å². The molecule has 0 fully saturated rings. The molecule has 0 radical (unpaired) electrons. The third kappa shape index (κ3) is 4.38. The van der Waals surface area contributed by atoms with E-state index in [9.17, 15) is 9.59 Å². The van der Waals surface area contributed by atoms with E-state index in [1.54, 1.807) is 0 Å². The number of allylic oxidation sites excluding steroid dienone is 4. The van der Waals surface area contributed by atoms with E-state index < -0.39 is 5.41 Å². The molecule has 0 aromatic heterocycles. The van der Waals surface area contributed by atoms with Crippen molar-refractivity contribution in [2.24, 2.45) is 16.2 Å². The predicted molar refractivity (Wildman–Crippen MR) is 127 cm³/mol. The molecule has 0 bridgehead atoms. The second kappa shape index (κ2) is 7.32. The lowest BCUT2D eigenvalue weighted by Gasteiger charge is -2.42. The van der Waals surface area contributed by atoms with Crippen LogP contribution in [0.5, 0.6) is 0 Å². The Bertz CT molecular complexity index is 940. The number of benzene rings is 1. The number of carbonyl (C=O) groups excluding carboxylic acids is 2. The second-order valence-corrected chi connectivity index (χ2v) is 12.7. The number of ketones is 2. The topological polar surface area (TPSA) is 34.1 Å². The number of carbonyl (C=O) groups is 2. The Morgan fingerprint density at radius 2 is 0.933 bits per heavy atom. The first-order chi connectivity index (χ1) is 13.3. The molecule has 2 nitrogen and oxygen atoms in total. The van der Waals surface area contributed by atoms with Gasteiger partial charge >= 0.3 is 0 Å². The molecule has 0 amide bonds. The van der Waals surface area contributed by atoms with Crippen LogP contribution in [0.2, 0.25) is 0 Å². The molecule has 164 valence electrons. The largest absolute Gasteiger partial charge is 0.285 e. The van der Waals surface area contributed by atoms with Crippen LogP contribution in [0.1, 0.15) is 94.2 Å². The van der Waals surface area contributed by atoms with Gasteiger partial charge in [0.1, 0.15) is 0 Å². The fraction of sp³-hybridized carbons (Fsp3) is 0.571. The molecule has 1 aliphatic carbocycles. The summed E-state index contributed by atoms with van der Waals surface area (Å²) in [6, 6.07) is 8.07. The summed E-state index contributed by atoms with van der Waals surface area (Å²) in [6.45, 7) is 25.5. The van der Waals surface area contributed by atoms with Gasteiger partial charge in [-0.05, 0) is 43.9 Å². The van der Waals surface area contributed by atoms with E-state index in [2.05, 4.69) is 68.4 Å². The molecular weight excluding hydrogens is 368 g/mol. The summed E-state index contributed by atoms with van der Waals surface area (Å²) in [5.74, 6) is -0.714. The van der Waals surface area contributed by atoms with Gasteiger partial charge in [-0.3, -0.25) is 9.59 Å². The molecule has 0 saturated carbocycles. The average molecular weight is 409 g/mol. The standard InChI is InChI=1S/C28H40O2/c1-25(2,3)18-16-14-13-15-17(18)19-20(26(4,5)6)21(27(7,8)9)22(28(10,11)12)24(30)23(19)29/h13-16H,1-12H3. The predicted octanol–water partition coefficient (Wildman–Crippen LogP) is 7.32. The Balaban J connectivity index is 3.18. The van der Waals surface area contributed by atoms with Gasteiger partial charge in [-0.25, -0.2) is 0 Å². The van der Waals surface area contributed by atoms with E-state index in [0.29, 0.717) is 11.1 Å². The van der Waals surface area contributed by atoms with Gasteiger partial charge in [0.25, 0.3) is 0 Å². The monoisotopic (exact) mass is 408 g/mol. The van der Waals surface area contributed by atoms with Crippen LogP contribution in [0.4, 0.5) is 0 Å². The zero-order chi connectivity index (χ0) is 23.4. The lowest BCUT2D eigenvalue weighted by Crippen LogP contribution is -2.38. The average Bonchev–Trinajstić information content (AvgIpc) is 2.52. The third-order valence-electron chi connectivity index (χ3n) is 5.66. The number of hydrogen-bond acceptors (Lipinski definition) is 2. The van der Waals surface area contributed by atoms with Gasteiger partial charge in [-0.1, -0.05) is 107 Å². The maximum atomic E-state index is 13.8. The zero-order valence-corrected chi connectivity index (χ0v) is 21.1. The summed E-state index contributed by atoms with van der Waals surface area (Å²) in [5.41, 5.74) is 4.16. The van der Waals surface area contributed by atoms with Crippen molar-refractivity contribution in [1.29, 1.82) is 0 Å². The minimum Gasteiger partial charge on any atom is -0.285 e. The highest BCUT2D eigenvalue weighted by molar-refractivity contribution is 6.60. The van der Waals surface area contributed by atoms with Crippen molar-refractivity contribution in [1.82, 2.24) is 0 Å². The summed E-state index contributed by atoms with van der Waals surface area (Å²) in [5, 5.41) is 0. The van der Waals surface area contributed by atoms with Crippen LogP contribution in [-0.2, 0) is 15.0 Å². The van der Waals surface area contributed by atoms with Crippen LogP contribution < -0.4 is 0 Å². The first-order valence-electron chi connectivity index (χ1n) is 11.0. The van der Waals surface area contributed by atoms with Gasteiger partial charge in [0.15, 0.2) is 0 Å². The van der Waals surface area contributed by atoms with Gasteiger partial charge < -0.3 is 0 Å². The Labute approximate surface area is 183 Å². The molecule has 0 saturated heterocycles. The molecule has 0 heterocycles. The first kappa shape index (κ1) is 24.3. The van der Waals surface area contributed by atoms with Crippen LogP contribution >= 0.6 is 0 Å². The summed E-state index contributed by atoms with van der Waals surface area (Å²) in [6.07, 6.45) is 0. The van der Waals surface area contributed by atoms with Crippen LogP contribution in [0.3, 0.4) is 0 Å². The lowest BCUT2D eigenvalue weighted by molar-refractivity contribution is -0.131. The van der Waals surface area contributed by atoms with E-state index in [4.69, 9.17) is 0 Å². The van der Waals surface area contributed by atoms with Crippen molar-refractivity contribution in [3.8, 4) is 0 Å². The van der Waals surface area contributed by atoms with E-state index in [1.807, 2.05) is 39.0 Å². The first-order valence-corrected chi connectivity index (χ1v) is 11.0. The maximum Gasteiger partial charge on any atom is 0.234 e. The molecule has 1 aliphatic rings. The molecule has 1 aromatic rings. The molecule has 1 aromatic carbocycles. The minimum absolute atomic E-state index is 0.147. The summed E-state index contributed by atoms with van der Waals surface area (Å²) in [7, 11) is 0. The summed E-state index contributed by atoms with van der Waals surface area (Å²) < 4.78 is 0. The van der Waals surface area contributed by atoms with Crippen molar-refractivity contribution >= 4 is 17.1 Å². The Hall–Kier alpha value is -1.96. The van der Waals surface area contributed by atoms with Crippen molar-refractivity contribution in [2.75, 3.05) is 0 Å². The van der Waals surface area contributed by atoms with Gasteiger partial charge in [-0.2, -0.15) is 0 Å². The van der Waals surface area contributed by atoms with Gasteiger partial charge in [0.05, 0.1) is 0 Å². The Kier molecular flexibility index (Phi) is 5.93. The summed E-state index contributed by atoms with van der Waals surface area (Å²) in [4.78, 5) is 27.4. The molecule has 0 spiro atoms. The van der Waals surface area contributed by atoms with Crippen molar-refractivity contribution in [3.05, 3.63) is 52.1 Å². The Morgan fingerprint density at radius 3 is 1.33 bits per heavy atom. The highest BCUT2D eigenvalue weighted by atomic mass is 16.2. The van der Waals surface area contributed by atoms with Gasteiger partial charge in [0, 0.05) is 11.1 Å². The van der Waals surface area contributed by atoms with Crippen LogP contribution in [0.15, 0.2) is 41.0 Å². The highest BCUT2D eigenvalue weighted by Gasteiger charge is 2.46. The Morgan fingerprint density at radius 1 is 0.500 bits per heavy atom. The molecule has 0 unspecified atom stereocenters. The van der Waals surface area contributed by atoms with Crippen LogP contribution in [0.25, 0.3) is 5.57 Å². The van der Waals surface area contributed by atoms with Crippen LogP contribution in [-0.4, -0.2) is 11.6 Å². The molecule has 2 heteroatoms. The molecule has 30 heavy (non-hydrogen) atoms. The summed E-state index contributed by atoms with van der Waals surface area (Å²) >= 11 is 0. The molecule has 0 N–H and O–H groups in total. The minimum atomic E-state index is -0.416. The molecule has 2 rings (SSSR count). The van der Waals surface area contributed by atoms with Gasteiger partial charge in [-0.15, -0.1) is 0 Å². The van der Waals surface area contributed by atoms with E-state index in [-0.39, 0.29) is 27.8 Å². The number of Topliss-reactive ketones (excluding diaryl/α,β-unsaturated/α-hetero) is 2. The van der Waals surface area contributed by atoms with Gasteiger partial charge in [0.2, 0.25) is 11.6 Å². The van der Waals surface area contributed by atoms with Crippen molar-refractivity contribution < 1.29 is 9.59 Å². The number of rotatable bonds is 1. The lowest BCUT2D eigenvalue weighted by atomic mass is 9.60. The SMILES string of the molecule is CC(C)(C)C1=C(c2ccccc2C(C)(C)C)C(=O)C(=O)C(C(C)(C)C)=C1C(C)(C)C. The van der Waals surface area contributed by atoms with E-state index >= 15 is 0 Å². The van der Waals surface area contributed by atoms with Crippen LogP contribution in [0, 0.1) is 16.2 Å². The molecule has 0 aliphatic heterocycles. The molecular formula is C28H40O2. The highest BCUT2D eigenvalue weighted by Crippen LogP contribution is 2.52. The second-order valence-electron chi connectivity index (χ2n) is 12.7. The number of hydrogen-bond donors (Lipinski definition) is 0. The maximum absolute atomic E-state index is 13.8. The fourth-order valence-electron chi connectivity index (χ4n) is 4.53. The quantitative estimate of drug-likeness (QED) is 0.360. The normalized spacial score (nSPS) is 17.2. The molecule has 0 atom stereocenters. The zero-order valence-electron chi connectivity index (χ0n) is 21.1. The van der Waals surface area contributed by atoms with Crippen molar-refractivity contribution in [3.63, 3.8) is 0 Å². The third-order valence-corrected chi connectivity index (χ3v) is 5.66. The van der Waals surface area contributed by atoms with E-state index in [1.165, 1.54) is 0 Å².